The minimum absolute atomic E-state index is 0.00369. The third-order valence-electron chi connectivity index (χ3n) is 5.08. The molecule has 2 aliphatic heterocycles. The highest BCUT2D eigenvalue weighted by Crippen LogP contribution is 2.41. The summed E-state index contributed by atoms with van der Waals surface area (Å²) in [6.45, 7) is 3.87. The van der Waals surface area contributed by atoms with Gasteiger partial charge in [-0.15, -0.1) is 11.3 Å². The Balaban J connectivity index is 1.58. The summed E-state index contributed by atoms with van der Waals surface area (Å²) in [7, 11) is 4.05. The zero-order valence-electron chi connectivity index (χ0n) is 13.8. The molecular formula is C16H24N4O2S. The van der Waals surface area contributed by atoms with E-state index in [1.807, 2.05) is 23.9 Å². The predicted molar refractivity (Wildman–Crippen MR) is 89.4 cm³/mol. The molecule has 0 radical (unpaired) electrons. The number of hydrogen-bond donors (Lipinski definition) is 0. The maximum Gasteiger partial charge on any atom is 0.273 e. The second kappa shape index (κ2) is 6.57. The fraction of sp³-hybridized carbons (Fsp3) is 0.688. The smallest absolute Gasteiger partial charge is 0.273 e. The van der Waals surface area contributed by atoms with E-state index in [9.17, 15) is 9.59 Å². The molecule has 1 aromatic rings. The van der Waals surface area contributed by atoms with Gasteiger partial charge < -0.3 is 14.7 Å². The van der Waals surface area contributed by atoms with E-state index in [0.29, 0.717) is 24.7 Å². The molecule has 2 aliphatic rings. The SMILES string of the molecule is CN(C)CCN1CCC2(CCN(C(=O)c3cscn3)CC2)C1=O. The molecule has 3 heterocycles. The van der Waals surface area contributed by atoms with Crippen LogP contribution in [-0.2, 0) is 4.79 Å². The molecule has 0 aliphatic carbocycles. The van der Waals surface area contributed by atoms with Crippen molar-refractivity contribution in [2.45, 2.75) is 19.3 Å². The first-order chi connectivity index (χ1) is 11.0. The quantitative estimate of drug-likeness (QED) is 0.828. The van der Waals surface area contributed by atoms with Crippen molar-refractivity contribution in [3.8, 4) is 0 Å². The van der Waals surface area contributed by atoms with Crippen LogP contribution in [0.5, 0.6) is 0 Å². The molecule has 23 heavy (non-hydrogen) atoms. The van der Waals surface area contributed by atoms with Gasteiger partial charge in [0.25, 0.3) is 5.91 Å². The van der Waals surface area contributed by atoms with E-state index >= 15 is 0 Å². The van der Waals surface area contributed by atoms with Crippen LogP contribution in [-0.4, -0.2) is 78.3 Å². The van der Waals surface area contributed by atoms with Gasteiger partial charge in [-0.2, -0.15) is 0 Å². The highest BCUT2D eigenvalue weighted by molar-refractivity contribution is 7.07. The number of carbonyl (C=O) groups excluding carboxylic acids is 2. The minimum Gasteiger partial charge on any atom is -0.341 e. The van der Waals surface area contributed by atoms with Crippen LogP contribution < -0.4 is 0 Å². The third-order valence-corrected chi connectivity index (χ3v) is 5.66. The lowest BCUT2D eigenvalue weighted by molar-refractivity contribution is -0.138. The first-order valence-electron chi connectivity index (χ1n) is 8.13. The molecule has 0 N–H and O–H groups in total. The van der Waals surface area contributed by atoms with Gasteiger partial charge in [-0.25, -0.2) is 4.98 Å². The summed E-state index contributed by atoms with van der Waals surface area (Å²) in [5.41, 5.74) is 1.98. The molecule has 1 aromatic heterocycles. The van der Waals surface area contributed by atoms with E-state index in [-0.39, 0.29) is 11.3 Å². The Kier molecular flexibility index (Phi) is 4.68. The van der Waals surface area contributed by atoms with Crippen LogP contribution in [0.3, 0.4) is 0 Å². The maximum atomic E-state index is 12.8. The Morgan fingerprint density at radius 1 is 1.30 bits per heavy atom. The van der Waals surface area contributed by atoms with Crippen molar-refractivity contribution in [2.75, 3.05) is 46.8 Å². The first kappa shape index (κ1) is 16.4. The number of hydrogen-bond acceptors (Lipinski definition) is 5. The fourth-order valence-corrected chi connectivity index (χ4v) is 4.03. The van der Waals surface area contributed by atoms with Gasteiger partial charge in [-0.1, -0.05) is 0 Å². The second-order valence-corrected chi connectivity index (χ2v) is 7.51. The first-order valence-corrected chi connectivity index (χ1v) is 9.08. The van der Waals surface area contributed by atoms with Gasteiger partial charge in [0.05, 0.1) is 10.9 Å². The van der Waals surface area contributed by atoms with Gasteiger partial charge in [0, 0.05) is 38.1 Å². The van der Waals surface area contributed by atoms with E-state index in [1.165, 1.54) is 11.3 Å². The van der Waals surface area contributed by atoms with Gasteiger partial charge >= 0.3 is 0 Å². The van der Waals surface area contributed by atoms with Crippen molar-refractivity contribution in [2.24, 2.45) is 5.41 Å². The van der Waals surface area contributed by atoms with Crippen molar-refractivity contribution in [1.29, 1.82) is 0 Å². The number of rotatable bonds is 4. The van der Waals surface area contributed by atoms with E-state index in [4.69, 9.17) is 0 Å². The molecule has 2 saturated heterocycles. The summed E-state index contributed by atoms with van der Waals surface area (Å²) >= 11 is 1.44. The summed E-state index contributed by atoms with van der Waals surface area (Å²) in [6, 6.07) is 0. The molecule has 2 amide bonds. The number of carbonyl (C=O) groups is 2. The maximum absolute atomic E-state index is 12.8. The lowest BCUT2D eigenvalue weighted by Crippen LogP contribution is -2.47. The Bertz CT molecular complexity index is 565. The lowest BCUT2D eigenvalue weighted by atomic mass is 9.77. The number of amides is 2. The van der Waals surface area contributed by atoms with Crippen LogP contribution in [0.15, 0.2) is 10.9 Å². The largest absolute Gasteiger partial charge is 0.341 e. The van der Waals surface area contributed by atoms with Crippen molar-refractivity contribution < 1.29 is 9.59 Å². The molecule has 7 heteroatoms. The van der Waals surface area contributed by atoms with Gasteiger partial charge in [-0.3, -0.25) is 9.59 Å². The van der Waals surface area contributed by atoms with Gasteiger partial charge in [0.15, 0.2) is 0 Å². The third kappa shape index (κ3) is 3.26. The monoisotopic (exact) mass is 336 g/mol. The van der Waals surface area contributed by atoms with Crippen molar-refractivity contribution in [1.82, 2.24) is 19.7 Å². The number of nitrogens with zero attached hydrogens (tertiary/aromatic N) is 4. The van der Waals surface area contributed by atoms with Crippen LogP contribution in [0.2, 0.25) is 0 Å². The summed E-state index contributed by atoms with van der Waals surface area (Å²) in [4.78, 5) is 35.2. The molecular weight excluding hydrogens is 312 g/mol. The summed E-state index contributed by atoms with van der Waals surface area (Å²) in [6.07, 6.45) is 2.48. The zero-order valence-corrected chi connectivity index (χ0v) is 14.6. The van der Waals surface area contributed by atoms with Crippen molar-refractivity contribution in [3.63, 3.8) is 0 Å². The van der Waals surface area contributed by atoms with Gasteiger partial charge in [0.1, 0.15) is 5.69 Å². The Labute approximate surface area is 141 Å². The molecule has 126 valence electrons. The minimum atomic E-state index is -0.231. The molecule has 0 bridgehead atoms. The van der Waals surface area contributed by atoms with Crippen LogP contribution in [0.4, 0.5) is 0 Å². The normalized spacial score (nSPS) is 20.7. The number of likely N-dealkylation sites (tertiary alicyclic amines) is 2. The van der Waals surface area contributed by atoms with E-state index < -0.39 is 0 Å². The number of aromatic nitrogens is 1. The van der Waals surface area contributed by atoms with Crippen LogP contribution in [0, 0.1) is 5.41 Å². The van der Waals surface area contributed by atoms with E-state index in [2.05, 4.69) is 9.88 Å². The summed E-state index contributed by atoms with van der Waals surface area (Å²) in [5, 5.41) is 1.79. The average Bonchev–Trinajstić information content (AvgIpc) is 3.17. The molecule has 0 aromatic carbocycles. The van der Waals surface area contributed by atoms with Crippen LogP contribution in [0.25, 0.3) is 0 Å². The molecule has 0 unspecified atom stereocenters. The van der Waals surface area contributed by atoms with E-state index in [1.54, 1.807) is 10.9 Å². The average molecular weight is 336 g/mol. The summed E-state index contributed by atoms with van der Waals surface area (Å²) in [5.74, 6) is 0.288. The van der Waals surface area contributed by atoms with E-state index in [0.717, 1.165) is 38.9 Å². The Hall–Kier alpha value is -1.47. The highest BCUT2D eigenvalue weighted by Gasteiger charge is 2.48. The molecule has 0 saturated carbocycles. The molecule has 6 nitrogen and oxygen atoms in total. The predicted octanol–water partition coefficient (Wildman–Crippen LogP) is 1.16. The van der Waals surface area contributed by atoms with Crippen molar-refractivity contribution >= 4 is 23.2 Å². The highest BCUT2D eigenvalue weighted by atomic mass is 32.1. The Morgan fingerprint density at radius 2 is 2.00 bits per heavy atom. The van der Waals surface area contributed by atoms with Crippen LogP contribution in [0.1, 0.15) is 29.8 Å². The molecule has 0 atom stereocenters. The van der Waals surface area contributed by atoms with Crippen molar-refractivity contribution in [3.05, 3.63) is 16.6 Å². The standard InChI is InChI=1S/C16H24N4O2S/c1-18(2)9-10-20-8-5-16(15(20)22)3-6-19(7-4-16)14(21)13-11-23-12-17-13/h11-12H,3-10H2,1-2H3. The topological polar surface area (TPSA) is 56.8 Å². The lowest BCUT2D eigenvalue weighted by Gasteiger charge is -2.37. The summed E-state index contributed by atoms with van der Waals surface area (Å²) < 4.78 is 0. The number of thiazole rings is 1. The van der Waals surface area contributed by atoms with Gasteiger partial charge in [0.2, 0.25) is 5.91 Å². The second-order valence-electron chi connectivity index (χ2n) is 6.79. The van der Waals surface area contributed by atoms with Gasteiger partial charge in [-0.05, 0) is 33.4 Å². The van der Waals surface area contributed by atoms with Crippen LogP contribution >= 0.6 is 11.3 Å². The Morgan fingerprint density at radius 3 is 2.61 bits per heavy atom. The number of likely N-dealkylation sites (N-methyl/N-ethyl adjacent to an activating group) is 1. The zero-order chi connectivity index (χ0) is 16.4. The molecule has 2 fully saturated rings. The molecule has 1 spiro atoms. The number of piperidine rings is 1. The fourth-order valence-electron chi connectivity index (χ4n) is 3.51. The molecule has 3 rings (SSSR count).